The topological polar surface area (TPSA) is 41.6 Å². The number of nitrogens with zero attached hydrogens (tertiary/aromatic N) is 1. The molecule has 0 saturated carbocycles. The van der Waals surface area contributed by atoms with E-state index in [0.29, 0.717) is 23.7 Å². The summed E-state index contributed by atoms with van der Waals surface area (Å²) in [4.78, 5) is 14.4. The molecule has 0 radical (unpaired) electrons. The van der Waals surface area contributed by atoms with Crippen molar-refractivity contribution in [1.29, 1.82) is 0 Å². The molecule has 1 unspecified atom stereocenters. The maximum absolute atomic E-state index is 12.1. The molecule has 6 heteroatoms. The average Bonchev–Trinajstić information content (AvgIpc) is 2.47. The number of carbonyl (C=O) groups excluding carboxylic acids is 1. The van der Waals surface area contributed by atoms with Gasteiger partial charge in [0.05, 0.1) is 23.3 Å². The van der Waals surface area contributed by atoms with Crippen molar-refractivity contribution < 1.29 is 9.53 Å². The Bertz CT molecular complexity index is 484. The molecule has 1 fully saturated rings. The molecule has 1 heterocycles. The molecule has 1 atom stereocenters. The lowest BCUT2D eigenvalue weighted by atomic mass is 10.2. The summed E-state index contributed by atoms with van der Waals surface area (Å²) in [5, 5.41) is 3.33. The Morgan fingerprint density at radius 3 is 3.15 bits per heavy atom. The van der Waals surface area contributed by atoms with Crippen molar-refractivity contribution in [3.05, 3.63) is 33.3 Å². The van der Waals surface area contributed by atoms with Gasteiger partial charge in [-0.1, -0.05) is 34.5 Å². The lowest BCUT2D eigenvalue weighted by Gasteiger charge is -2.32. The third kappa shape index (κ3) is 4.19. The zero-order valence-electron chi connectivity index (χ0n) is 11.4. The molecule has 0 aliphatic carbocycles. The van der Waals surface area contributed by atoms with Gasteiger partial charge < -0.3 is 10.1 Å². The maximum Gasteiger partial charge on any atom is 0.252 e. The van der Waals surface area contributed by atoms with Crippen LogP contribution in [-0.4, -0.2) is 49.7 Å². The largest absolute Gasteiger partial charge is 0.374 e. The van der Waals surface area contributed by atoms with Crippen molar-refractivity contribution in [1.82, 2.24) is 10.2 Å². The highest BCUT2D eigenvalue weighted by Crippen LogP contribution is 2.20. The number of ether oxygens (including phenoxy) is 1. The van der Waals surface area contributed by atoms with Crippen molar-refractivity contribution in [2.24, 2.45) is 0 Å². The Labute approximate surface area is 132 Å². The minimum atomic E-state index is -0.173. The highest BCUT2D eigenvalue weighted by atomic mass is 79.9. The van der Waals surface area contributed by atoms with Gasteiger partial charge in [0, 0.05) is 24.1 Å². The number of amides is 1. The molecule has 1 N–H and O–H groups in total. The Hall–Kier alpha value is -0.620. The van der Waals surface area contributed by atoms with Crippen LogP contribution in [0.1, 0.15) is 17.3 Å². The number of hydrogen-bond acceptors (Lipinski definition) is 3. The second-order valence-corrected chi connectivity index (χ2v) is 6.04. The van der Waals surface area contributed by atoms with E-state index in [9.17, 15) is 4.79 Å². The fourth-order valence-electron chi connectivity index (χ4n) is 2.16. The van der Waals surface area contributed by atoms with Gasteiger partial charge in [-0.3, -0.25) is 9.69 Å². The van der Waals surface area contributed by atoms with Crippen LogP contribution in [0.3, 0.4) is 0 Å². The Morgan fingerprint density at radius 2 is 2.40 bits per heavy atom. The molecule has 1 aliphatic rings. The van der Waals surface area contributed by atoms with E-state index in [0.717, 1.165) is 24.1 Å². The fourth-order valence-corrected chi connectivity index (χ4v) is 2.73. The molecule has 2 rings (SSSR count). The Morgan fingerprint density at radius 1 is 1.60 bits per heavy atom. The SMILES string of the molecule is CCN1CCOC(CNC(=O)c2cc(Br)ccc2Cl)C1. The zero-order valence-corrected chi connectivity index (χ0v) is 13.7. The summed E-state index contributed by atoms with van der Waals surface area (Å²) in [6.07, 6.45) is 0.0404. The Kier molecular flexibility index (Phi) is 5.84. The quantitative estimate of drug-likeness (QED) is 0.896. The van der Waals surface area contributed by atoms with Crippen LogP contribution in [0.5, 0.6) is 0 Å². The number of halogens is 2. The second kappa shape index (κ2) is 7.41. The van der Waals surface area contributed by atoms with Crippen LogP contribution in [0.25, 0.3) is 0 Å². The van der Waals surface area contributed by atoms with E-state index in [1.807, 2.05) is 6.07 Å². The maximum atomic E-state index is 12.1. The number of hydrogen-bond donors (Lipinski definition) is 1. The Balaban J connectivity index is 1.90. The van der Waals surface area contributed by atoms with Crippen LogP contribution in [0.4, 0.5) is 0 Å². The van der Waals surface area contributed by atoms with E-state index in [1.54, 1.807) is 12.1 Å². The number of morpholine rings is 1. The third-order valence-electron chi connectivity index (χ3n) is 3.33. The molecular weight excluding hydrogens is 344 g/mol. The van der Waals surface area contributed by atoms with Crippen LogP contribution in [0, 0.1) is 0 Å². The molecule has 0 bridgehead atoms. The number of rotatable bonds is 4. The molecule has 0 spiro atoms. The smallest absolute Gasteiger partial charge is 0.252 e. The number of nitrogens with one attached hydrogen (secondary N) is 1. The molecule has 20 heavy (non-hydrogen) atoms. The van der Waals surface area contributed by atoms with Gasteiger partial charge in [-0.05, 0) is 24.7 Å². The fraction of sp³-hybridized carbons (Fsp3) is 0.500. The van der Waals surface area contributed by atoms with Gasteiger partial charge in [0.1, 0.15) is 0 Å². The first kappa shape index (κ1) is 15.8. The minimum Gasteiger partial charge on any atom is -0.374 e. The van der Waals surface area contributed by atoms with E-state index in [4.69, 9.17) is 16.3 Å². The second-order valence-electron chi connectivity index (χ2n) is 4.72. The highest BCUT2D eigenvalue weighted by molar-refractivity contribution is 9.10. The lowest BCUT2D eigenvalue weighted by molar-refractivity contribution is -0.0246. The van der Waals surface area contributed by atoms with Gasteiger partial charge in [-0.15, -0.1) is 0 Å². The monoisotopic (exact) mass is 360 g/mol. The zero-order chi connectivity index (χ0) is 14.5. The third-order valence-corrected chi connectivity index (χ3v) is 4.16. The normalized spacial score (nSPS) is 19.9. The van der Waals surface area contributed by atoms with Gasteiger partial charge in [0.25, 0.3) is 5.91 Å². The molecule has 4 nitrogen and oxygen atoms in total. The minimum absolute atomic E-state index is 0.0404. The summed E-state index contributed by atoms with van der Waals surface area (Å²) in [6.45, 7) is 6.15. The first-order valence-corrected chi connectivity index (χ1v) is 7.84. The predicted molar refractivity (Wildman–Crippen MR) is 83.3 cm³/mol. The van der Waals surface area contributed by atoms with Crippen molar-refractivity contribution >= 4 is 33.4 Å². The summed E-state index contributed by atoms with van der Waals surface area (Å²) >= 11 is 9.38. The van der Waals surface area contributed by atoms with Crippen molar-refractivity contribution in [2.45, 2.75) is 13.0 Å². The summed E-state index contributed by atoms with van der Waals surface area (Å²) in [6, 6.07) is 5.23. The van der Waals surface area contributed by atoms with Crippen molar-refractivity contribution in [3.63, 3.8) is 0 Å². The van der Waals surface area contributed by atoms with E-state index in [2.05, 4.69) is 33.1 Å². The standard InChI is InChI=1S/C14H18BrClN2O2/c1-2-18-5-6-20-11(9-18)8-17-14(19)12-7-10(15)3-4-13(12)16/h3-4,7,11H,2,5-6,8-9H2,1H3,(H,17,19). The van der Waals surface area contributed by atoms with Gasteiger partial charge in [0.15, 0.2) is 0 Å². The predicted octanol–water partition coefficient (Wildman–Crippen LogP) is 2.55. The first-order chi connectivity index (χ1) is 9.60. The summed E-state index contributed by atoms with van der Waals surface area (Å²) < 4.78 is 6.48. The van der Waals surface area contributed by atoms with E-state index in [-0.39, 0.29) is 12.0 Å². The molecule has 0 aromatic heterocycles. The van der Waals surface area contributed by atoms with Crippen LogP contribution < -0.4 is 5.32 Å². The summed E-state index contributed by atoms with van der Waals surface area (Å²) in [7, 11) is 0. The van der Waals surface area contributed by atoms with Crippen LogP contribution in [0.2, 0.25) is 5.02 Å². The summed E-state index contributed by atoms with van der Waals surface area (Å²) in [5.41, 5.74) is 0.476. The lowest BCUT2D eigenvalue weighted by Crippen LogP contribution is -2.47. The van der Waals surface area contributed by atoms with Crippen LogP contribution >= 0.6 is 27.5 Å². The summed E-state index contributed by atoms with van der Waals surface area (Å²) in [5.74, 6) is -0.173. The molecule has 1 aromatic rings. The molecule has 110 valence electrons. The van der Waals surface area contributed by atoms with E-state index in [1.165, 1.54) is 0 Å². The van der Waals surface area contributed by atoms with Gasteiger partial charge in [0.2, 0.25) is 0 Å². The van der Waals surface area contributed by atoms with Crippen LogP contribution in [0.15, 0.2) is 22.7 Å². The highest BCUT2D eigenvalue weighted by Gasteiger charge is 2.20. The molecule has 1 amide bonds. The molecular formula is C14H18BrClN2O2. The van der Waals surface area contributed by atoms with Crippen LogP contribution in [-0.2, 0) is 4.74 Å². The van der Waals surface area contributed by atoms with Crippen molar-refractivity contribution in [3.8, 4) is 0 Å². The molecule has 1 aromatic carbocycles. The van der Waals surface area contributed by atoms with E-state index >= 15 is 0 Å². The molecule has 1 saturated heterocycles. The number of likely N-dealkylation sites (N-methyl/N-ethyl adjacent to an activating group) is 1. The molecule has 1 aliphatic heterocycles. The van der Waals surface area contributed by atoms with Crippen molar-refractivity contribution in [2.75, 3.05) is 32.8 Å². The van der Waals surface area contributed by atoms with Gasteiger partial charge in [-0.25, -0.2) is 0 Å². The average molecular weight is 362 g/mol. The van der Waals surface area contributed by atoms with Gasteiger partial charge >= 0.3 is 0 Å². The number of carbonyl (C=O) groups is 1. The number of benzene rings is 1. The first-order valence-electron chi connectivity index (χ1n) is 6.67. The van der Waals surface area contributed by atoms with Gasteiger partial charge in [-0.2, -0.15) is 0 Å². The van der Waals surface area contributed by atoms with E-state index < -0.39 is 0 Å².